The van der Waals surface area contributed by atoms with Gasteiger partial charge in [-0.15, -0.1) is 5.10 Å². The zero-order chi connectivity index (χ0) is 22.1. The molecule has 0 spiro atoms. The normalized spacial score (nSPS) is 12.3. The number of nitrogens with zero attached hydrogens (tertiary/aromatic N) is 5. The maximum atomic E-state index is 13.0. The number of carbonyl (C=O) groups is 1. The summed E-state index contributed by atoms with van der Waals surface area (Å²) in [5.41, 5.74) is -0.716. The number of alkyl halides is 3. The van der Waals surface area contributed by atoms with Crippen LogP contribution < -0.4 is 5.32 Å². The lowest BCUT2D eigenvalue weighted by molar-refractivity contribution is -0.137. The van der Waals surface area contributed by atoms with Crippen LogP contribution in [0.25, 0.3) is 5.82 Å². The van der Waals surface area contributed by atoms with Gasteiger partial charge in [0.25, 0.3) is 5.91 Å². The van der Waals surface area contributed by atoms with Crippen LogP contribution in [0.15, 0.2) is 41.0 Å². The summed E-state index contributed by atoms with van der Waals surface area (Å²) in [7, 11) is 0. The molecular formula is C19H14BrF3N6O. The summed E-state index contributed by atoms with van der Waals surface area (Å²) < 4.78 is 40.6. The van der Waals surface area contributed by atoms with Crippen LogP contribution in [0.2, 0.25) is 0 Å². The number of aromatic nitrogens is 4. The summed E-state index contributed by atoms with van der Waals surface area (Å²) in [6.45, 7) is 3.28. The first-order valence-corrected chi connectivity index (χ1v) is 9.36. The number of carbonyl (C=O) groups excluding carboxylic acids is 1. The molecule has 0 saturated carbocycles. The van der Waals surface area contributed by atoms with Crippen molar-refractivity contribution >= 4 is 21.8 Å². The van der Waals surface area contributed by atoms with Crippen molar-refractivity contribution in [3.05, 3.63) is 69.3 Å². The minimum absolute atomic E-state index is 0.135. The van der Waals surface area contributed by atoms with E-state index in [2.05, 4.69) is 36.3 Å². The molecule has 0 unspecified atom stereocenters. The van der Waals surface area contributed by atoms with Gasteiger partial charge in [-0.3, -0.25) is 4.79 Å². The van der Waals surface area contributed by atoms with Crippen LogP contribution in [0, 0.1) is 18.3 Å². The second-order valence-corrected chi connectivity index (χ2v) is 7.28. The van der Waals surface area contributed by atoms with Crippen molar-refractivity contribution in [1.82, 2.24) is 25.1 Å². The van der Waals surface area contributed by atoms with Crippen molar-refractivity contribution < 1.29 is 18.0 Å². The first kappa shape index (κ1) is 21.4. The fourth-order valence-electron chi connectivity index (χ4n) is 2.69. The summed E-state index contributed by atoms with van der Waals surface area (Å²) in [5.74, 6) is 0.435. The second-order valence-electron chi connectivity index (χ2n) is 6.37. The molecule has 0 aliphatic rings. The monoisotopic (exact) mass is 478 g/mol. The van der Waals surface area contributed by atoms with Crippen LogP contribution in [0.5, 0.6) is 0 Å². The van der Waals surface area contributed by atoms with E-state index in [0.29, 0.717) is 23.0 Å². The van der Waals surface area contributed by atoms with Crippen molar-refractivity contribution in [2.45, 2.75) is 26.1 Å². The van der Waals surface area contributed by atoms with Crippen LogP contribution in [-0.2, 0) is 6.18 Å². The quantitative estimate of drug-likeness (QED) is 0.608. The van der Waals surface area contributed by atoms with Gasteiger partial charge >= 0.3 is 6.18 Å². The predicted octanol–water partition coefficient (Wildman–Crippen LogP) is 4.11. The molecule has 0 radical (unpaired) electrons. The van der Waals surface area contributed by atoms with E-state index in [1.807, 2.05) is 6.07 Å². The third kappa shape index (κ3) is 4.65. The van der Waals surface area contributed by atoms with E-state index in [4.69, 9.17) is 5.26 Å². The average molecular weight is 479 g/mol. The third-order valence-corrected chi connectivity index (χ3v) is 4.51. The standard InChI is InChI=1S/C19H14BrF3N6O/c1-10(26-18(30)13-5-14(19(21,22)23)7-15(20)6-13)17-27-11(2)28-29(17)16-4-3-12(8-24)9-25-16/h3-7,9-10H,1-2H3,(H,26,30)/t10-/m0/s1. The van der Waals surface area contributed by atoms with Gasteiger partial charge in [0, 0.05) is 16.2 Å². The molecule has 30 heavy (non-hydrogen) atoms. The van der Waals surface area contributed by atoms with E-state index in [1.165, 1.54) is 16.9 Å². The van der Waals surface area contributed by atoms with Crippen LogP contribution in [0.4, 0.5) is 13.2 Å². The lowest BCUT2D eigenvalue weighted by Gasteiger charge is -2.15. The number of hydrogen-bond donors (Lipinski definition) is 1. The Hall–Kier alpha value is -3.26. The first-order chi connectivity index (χ1) is 14.1. The van der Waals surface area contributed by atoms with Gasteiger partial charge in [0.1, 0.15) is 11.9 Å². The number of halogens is 4. The number of nitrogens with one attached hydrogen (secondary N) is 1. The van der Waals surface area contributed by atoms with Crippen LogP contribution in [-0.4, -0.2) is 25.7 Å². The highest BCUT2D eigenvalue weighted by Gasteiger charge is 2.32. The van der Waals surface area contributed by atoms with Crippen molar-refractivity contribution in [1.29, 1.82) is 5.26 Å². The first-order valence-electron chi connectivity index (χ1n) is 8.57. The minimum Gasteiger partial charge on any atom is -0.342 e. The van der Waals surface area contributed by atoms with Crippen LogP contribution in [0.1, 0.15) is 46.1 Å². The van der Waals surface area contributed by atoms with Crippen molar-refractivity contribution in [3.63, 3.8) is 0 Å². The number of hydrogen-bond acceptors (Lipinski definition) is 5. The molecule has 1 atom stereocenters. The zero-order valence-corrected chi connectivity index (χ0v) is 17.3. The number of amides is 1. The largest absolute Gasteiger partial charge is 0.416 e. The number of benzene rings is 1. The molecule has 0 saturated heterocycles. The number of rotatable bonds is 4. The Bertz CT molecular complexity index is 1130. The highest BCUT2D eigenvalue weighted by atomic mass is 79.9. The van der Waals surface area contributed by atoms with Gasteiger partial charge < -0.3 is 5.32 Å². The predicted molar refractivity (Wildman–Crippen MR) is 104 cm³/mol. The summed E-state index contributed by atoms with van der Waals surface area (Å²) in [6, 6.07) is 7.40. The molecule has 3 rings (SSSR count). The molecule has 1 aromatic carbocycles. The maximum absolute atomic E-state index is 13.0. The summed E-state index contributed by atoms with van der Waals surface area (Å²) in [5, 5.41) is 15.8. The van der Waals surface area contributed by atoms with Crippen LogP contribution in [0.3, 0.4) is 0 Å². The fraction of sp³-hybridized carbons (Fsp3) is 0.211. The van der Waals surface area contributed by atoms with Gasteiger partial charge in [0.05, 0.1) is 17.2 Å². The van der Waals surface area contributed by atoms with E-state index in [1.54, 1.807) is 26.0 Å². The van der Waals surface area contributed by atoms with Gasteiger partial charge in [-0.25, -0.2) is 9.97 Å². The molecule has 154 valence electrons. The molecule has 0 aliphatic heterocycles. The average Bonchev–Trinajstić information content (AvgIpc) is 3.08. The molecule has 1 N–H and O–H groups in total. The topological polar surface area (TPSA) is 96.5 Å². The van der Waals surface area contributed by atoms with E-state index in [9.17, 15) is 18.0 Å². The molecule has 3 aromatic rings. The minimum atomic E-state index is -4.58. The Morgan fingerprint density at radius 2 is 2.03 bits per heavy atom. The van der Waals surface area contributed by atoms with Gasteiger partial charge in [-0.05, 0) is 44.2 Å². The van der Waals surface area contributed by atoms with Gasteiger partial charge in [-0.2, -0.15) is 23.1 Å². The number of pyridine rings is 1. The SMILES string of the molecule is Cc1nc([C@H](C)NC(=O)c2cc(Br)cc(C(F)(F)F)c2)n(-c2ccc(C#N)cn2)n1. The van der Waals surface area contributed by atoms with E-state index in [0.717, 1.165) is 12.1 Å². The molecule has 11 heteroatoms. The highest BCUT2D eigenvalue weighted by Crippen LogP contribution is 2.32. The Morgan fingerprint density at radius 1 is 1.30 bits per heavy atom. The molecule has 0 bridgehead atoms. The molecular weight excluding hydrogens is 465 g/mol. The molecule has 0 fully saturated rings. The number of aryl methyl sites for hydroxylation is 1. The molecule has 0 aliphatic carbocycles. The number of nitriles is 1. The lowest BCUT2D eigenvalue weighted by atomic mass is 10.1. The van der Waals surface area contributed by atoms with E-state index >= 15 is 0 Å². The Labute approximate surface area is 177 Å². The summed E-state index contributed by atoms with van der Waals surface area (Å²) in [4.78, 5) is 21.0. The van der Waals surface area contributed by atoms with Gasteiger partial charge in [0.15, 0.2) is 11.6 Å². The van der Waals surface area contributed by atoms with Crippen LogP contribution >= 0.6 is 15.9 Å². The Balaban J connectivity index is 1.88. The molecule has 1 amide bonds. The molecule has 7 nitrogen and oxygen atoms in total. The van der Waals surface area contributed by atoms with Gasteiger partial charge in [-0.1, -0.05) is 15.9 Å². The Kier molecular flexibility index (Phi) is 5.89. The second kappa shape index (κ2) is 8.23. The van der Waals surface area contributed by atoms with Crippen molar-refractivity contribution in [2.24, 2.45) is 0 Å². The molecule has 2 heterocycles. The lowest BCUT2D eigenvalue weighted by Crippen LogP contribution is -2.29. The van der Waals surface area contributed by atoms with Crippen molar-refractivity contribution in [2.75, 3.05) is 0 Å². The Morgan fingerprint density at radius 3 is 2.63 bits per heavy atom. The van der Waals surface area contributed by atoms with Gasteiger partial charge in [0.2, 0.25) is 0 Å². The smallest absolute Gasteiger partial charge is 0.342 e. The molecule has 2 aromatic heterocycles. The maximum Gasteiger partial charge on any atom is 0.416 e. The fourth-order valence-corrected chi connectivity index (χ4v) is 3.18. The van der Waals surface area contributed by atoms with E-state index < -0.39 is 23.7 Å². The summed E-state index contributed by atoms with van der Waals surface area (Å²) >= 11 is 3.00. The zero-order valence-electron chi connectivity index (χ0n) is 15.7. The van der Waals surface area contributed by atoms with E-state index in [-0.39, 0.29) is 10.0 Å². The third-order valence-electron chi connectivity index (χ3n) is 4.05. The summed E-state index contributed by atoms with van der Waals surface area (Å²) in [6.07, 6.45) is -3.21. The van der Waals surface area contributed by atoms with Crippen molar-refractivity contribution in [3.8, 4) is 11.9 Å². The highest BCUT2D eigenvalue weighted by molar-refractivity contribution is 9.10.